The molecular formula is C11H16O7. The van der Waals surface area contributed by atoms with Crippen LogP contribution in [0, 0.1) is 5.41 Å². The van der Waals surface area contributed by atoms with E-state index in [4.69, 9.17) is 19.3 Å². The standard InChI is InChI=1S/C11H16O7/c1-3-5-15-8(13)11(2)7-17-10(14)18-9(11)16-6-4-12/h3,9,12H,1,4-7H2,2H3. The van der Waals surface area contributed by atoms with Crippen LogP contribution in [0.4, 0.5) is 4.79 Å². The summed E-state index contributed by atoms with van der Waals surface area (Å²) in [5, 5.41) is 8.69. The monoisotopic (exact) mass is 260 g/mol. The topological polar surface area (TPSA) is 91.3 Å². The van der Waals surface area contributed by atoms with Gasteiger partial charge in [0, 0.05) is 0 Å². The molecule has 1 saturated heterocycles. The molecule has 102 valence electrons. The second-order valence-electron chi connectivity index (χ2n) is 3.89. The fourth-order valence-electron chi connectivity index (χ4n) is 1.36. The lowest BCUT2D eigenvalue weighted by Crippen LogP contribution is -2.52. The van der Waals surface area contributed by atoms with E-state index in [1.54, 1.807) is 0 Å². The highest BCUT2D eigenvalue weighted by Crippen LogP contribution is 2.31. The van der Waals surface area contributed by atoms with Crippen LogP contribution < -0.4 is 0 Å². The highest BCUT2D eigenvalue weighted by Gasteiger charge is 2.51. The lowest BCUT2D eigenvalue weighted by atomic mass is 9.90. The third kappa shape index (κ3) is 3.21. The van der Waals surface area contributed by atoms with Gasteiger partial charge in [-0.15, -0.1) is 0 Å². The van der Waals surface area contributed by atoms with Crippen LogP contribution in [-0.2, 0) is 23.7 Å². The van der Waals surface area contributed by atoms with E-state index in [-0.39, 0.29) is 26.4 Å². The number of carbonyl (C=O) groups excluding carboxylic acids is 2. The zero-order valence-corrected chi connectivity index (χ0v) is 10.1. The van der Waals surface area contributed by atoms with Crippen LogP contribution in [0.3, 0.4) is 0 Å². The van der Waals surface area contributed by atoms with Gasteiger partial charge in [0.15, 0.2) is 5.41 Å². The number of cyclic esters (lactones) is 2. The van der Waals surface area contributed by atoms with Gasteiger partial charge < -0.3 is 24.1 Å². The normalized spacial score (nSPS) is 27.0. The summed E-state index contributed by atoms with van der Waals surface area (Å²) in [4.78, 5) is 22.9. The summed E-state index contributed by atoms with van der Waals surface area (Å²) in [5.74, 6) is -0.627. The Balaban J connectivity index is 2.75. The Labute approximate surface area is 104 Å². The molecule has 1 fully saturated rings. The molecule has 0 bridgehead atoms. The van der Waals surface area contributed by atoms with Crippen molar-refractivity contribution in [3.05, 3.63) is 12.7 Å². The van der Waals surface area contributed by atoms with Crippen LogP contribution in [-0.4, -0.2) is 49.9 Å². The smallest absolute Gasteiger partial charge is 0.461 e. The number of esters is 1. The Bertz CT molecular complexity index is 327. The summed E-state index contributed by atoms with van der Waals surface area (Å²) >= 11 is 0. The van der Waals surface area contributed by atoms with Gasteiger partial charge >= 0.3 is 12.1 Å². The van der Waals surface area contributed by atoms with E-state index in [1.807, 2.05) is 0 Å². The summed E-state index contributed by atoms with van der Waals surface area (Å²) in [6.45, 7) is 4.42. The molecule has 7 nitrogen and oxygen atoms in total. The summed E-state index contributed by atoms with van der Waals surface area (Å²) in [6, 6.07) is 0. The number of hydrogen-bond donors (Lipinski definition) is 1. The third-order valence-corrected chi connectivity index (χ3v) is 2.37. The lowest BCUT2D eigenvalue weighted by molar-refractivity contribution is -0.233. The van der Waals surface area contributed by atoms with Crippen molar-refractivity contribution in [2.45, 2.75) is 13.2 Å². The van der Waals surface area contributed by atoms with E-state index in [2.05, 4.69) is 11.3 Å². The van der Waals surface area contributed by atoms with E-state index < -0.39 is 23.8 Å². The van der Waals surface area contributed by atoms with Crippen LogP contribution in [0.25, 0.3) is 0 Å². The molecule has 0 aliphatic carbocycles. The van der Waals surface area contributed by atoms with Gasteiger partial charge in [-0.1, -0.05) is 12.7 Å². The highest BCUT2D eigenvalue weighted by molar-refractivity contribution is 5.79. The SMILES string of the molecule is C=CCOC(=O)C1(C)COC(=O)OC1OCCO. The lowest BCUT2D eigenvalue weighted by Gasteiger charge is -2.36. The van der Waals surface area contributed by atoms with E-state index in [0.717, 1.165) is 0 Å². The molecule has 18 heavy (non-hydrogen) atoms. The summed E-state index contributed by atoms with van der Waals surface area (Å²) in [5.41, 5.74) is -1.27. The van der Waals surface area contributed by atoms with Crippen molar-refractivity contribution in [2.24, 2.45) is 5.41 Å². The minimum atomic E-state index is -1.27. The molecule has 1 N–H and O–H groups in total. The van der Waals surface area contributed by atoms with Crippen molar-refractivity contribution in [3.63, 3.8) is 0 Å². The quantitative estimate of drug-likeness (QED) is 0.539. The van der Waals surface area contributed by atoms with Crippen molar-refractivity contribution >= 4 is 12.1 Å². The molecule has 1 heterocycles. The van der Waals surface area contributed by atoms with Gasteiger partial charge in [0.2, 0.25) is 6.29 Å². The first kappa shape index (κ1) is 14.5. The number of aliphatic hydroxyl groups excluding tert-OH is 1. The number of rotatable bonds is 6. The van der Waals surface area contributed by atoms with Crippen molar-refractivity contribution in [2.75, 3.05) is 26.4 Å². The number of carbonyl (C=O) groups is 2. The Morgan fingerprint density at radius 2 is 2.44 bits per heavy atom. The summed E-state index contributed by atoms with van der Waals surface area (Å²) in [6.07, 6.45) is -0.657. The van der Waals surface area contributed by atoms with Gasteiger partial charge in [0.25, 0.3) is 0 Å². The fraction of sp³-hybridized carbons (Fsp3) is 0.636. The average molecular weight is 260 g/mol. The van der Waals surface area contributed by atoms with Crippen LogP contribution in [0.2, 0.25) is 0 Å². The van der Waals surface area contributed by atoms with E-state index in [9.17, 15) is 9.59 Å². The zero-order chi connectivity index (χ0) is 13.6. The molecule has 0 saturated carbocycles. The molecule has 0 aromatic heterocycles. The minimum Gasteiger partial charge on any atom is -0.461 e. The Kier molecular flexibility index (Phi) is 5.11. The molecule has 0 amide bonds. The third-order valence-electron chi connectivity index (χ3n) is 2.37. The molecule has 7 heteroatoms. The largest absolute Gasteiger partial charge is 0.510 e. The van der Waals surface area contributed by atoms with Crippen LogP contribution in [0.15, 0.2) is 12.7 Å². The molecule has 1 aliphatic heterocycles. The van der Waals surface area contributed by atoms with Gasteiger partial charge in [0.1, 0.15) is 13.2 Å². The second-order valence-corrected chi connectivity index (χ2v) is 3.89. The first-order valence-electron chi connectivity index (χ1n) is 5.38. The molecular weight excluding hydrogens is 244 g/mol. The van der Waals surface area contributed by atoms with E-state index in [0.29, 0.717) is 0 Å². The first-order valence-corrected chi connectivity index (χ1v) is 5.38. The molecule has 0 aromatic carbocycles. The van der Waals surface area contributed by atoms with Gasteiger partial charge in [-0.3, -0.25) is 4.79 Å². The van der Waals surface area contributed by atoms with Gasteiger partial charge in [-0.25, -0.2) is 4.79 Å². The first-order chi connectivity index (χ1) is 8.54. The van der Waals surface area contributed by atoms with Gasteiger partial charge in [-0.2, -0.15) is 0 Å². The Hall–Kier alpha value is -1.60. The molecule has 1 rings (SSSR count). The zero-order valence-electron chi connectivity index (χ0n) is 10.1. The Morgan fingerprint density at radius 3 is 3.06 bits per heavy atom. The predicted octanol–water partition coefficient (Wildman–Crippen LogP) is 0.224. The van der Waals surface area contributed by atoms with Crippen LogP contribution in [0.1, 0.15) is 6.92 Å². The molecule has 2 atom stereocenters. The molecule has 1 aliphatic rings. The van der Waals surface area contributed by atoms with E-state index in [1.165, 1.54) is 13.0 Å². The number of hydrogen-bond acceptors (Lipinski definition) is 7. The van der Waals surface area contributed by atoms with Crippen molar-refractivity contribution in [1.82, 2.24) is 0 Å². The maximum Gasteiger partial charge on any atom is 0.510 e. The van der Waals surface area contributed by atoms with Crippen molar-refractivity contribution < 1.29 is 33.6 Å². The van der Waals surface area contributed by atoms with Crippen LogP contribution in [0.5, 0.6) is 0 Å². The van der Waals surface area contributed by atoms with Crippen molar-refractivity contribution in [1.29, 1.82) is 0 Å². The molecule has 0 spiro atoms. The maximum atomic E-state index is 11.9. The number of ether oxygens (including phenoxy) is 4. The summed E-state index contributed by atoms with van der Waals surface area (Å²) in [7, 11) is 0. The molecule has 0 radical (unpaired) electrons. The van der Waals surface area contributed by atoms with Crippen LogP contribution >= 0.6 is 0 Å². The molecule has 0 aromatic rings. The minimum absolute atomic E-state index is 0.0368. The second kappa shape index (κ2) is 6.36. The van der Waals surface area contributed by atoms with Crippen molar-refractivity contribution in [3.8, 4) is 0 Å². The maximum absolute atomic E-state index is 11.9. The average Bonchev–Trinajstić information content (AvgIpc) is 2.37. The fourth-order valence-corrected chi connectivity index (χ4v) is 1.36. The number of aliphatic hydroxyl groups is 1. The Morgan fingerprint density at radius 1 is 1.72 bits per heavy atom. The van der Waals surface area contributed by atoms with E-state index >= 15 is 0 Å². The highest BCUT2D eigenvalue weighted by atomic mass is 16.8. The van der Waals surface area contributed by atoms with Gasteiger partial charge in [-0.05, 0) is 6.92 Å². The predicted molar refractivity (Wildman–Crippen MR) is 58.5 cm³/mol. The summed E-state index contributed by atoms with van der Waals surface area (Å²) < 4.78 is 19.5. The van der Waals surface area contributed by atoms with Gasteiger partial charge in [0.05, 0.1) is 13.2 Å². The molecule has 2 unspecified atom stereocenters.